The first-order valence-corrected chi connectivity index (χ1v) is 5.38. The van der Waals surface area contributed by atoms with Gasteiger partial charge in [-0.1, -0.05) is 30.3 Å². The van der Waals surface area contributed by atoms with Gasteiger partial charge in [0.15, 0.2) is 0 Å². The predicted molar refractivity (Wildman–Crippen MR) is 62.8 cm³/mol. The molecule has 0 spiro atoms. The molecule has 0 aliphatic carbocycles. The first kappa shape index (κ1) is 10.8. The molecular formula is C12H16N4. The van der Waals surface area contributed by atoms with E-state index in [-0.39, 0.29) is 6.04 Å². The molecule has 0 aliphatic heterocycles. The largest absolute Gasteiger partial charge is 0.327 e. The van der Waals surface area contributed by atoms with Gasteiger partial charge in [-0.2, -0.15) is 5.10 Å². The Kier molecular flexibility index (Phi) is 3.31. The summed E-state index contributed by atoms with van der Waals surface area (Å²) in [5.74, 6) is 0.934. The van der Waals surface area contributed by atoms with Gasteiger partial charge in [-0.3, -0.25) is 4.68 Å². The summed E-state index contributed by atoms with van der Waals surface area (Å²) in [5.41, 5.74) is 7.35. The van der Waals surface area contributed by atoms with Gasteiger partial charge in [-0.25, -0.2) is 4.98 Å². The van der Waals surface area contributed by atoms with E-state index < -0.39 is 0 Å². The summed E-state index contributed by atoms with van der Waals surface area (Å²) >= 11 is 0. The average molecular weight is 216 g/mol. The molecule has 4 heteroatoms. The minimum absolute atomic E-state index is 0.0882. The lowest BCUT2D eigenvalue weighted by Crippen LogP contribution is -2.27. The van der Waals surface area contributed by atoms with E-state index in [9.17, 15) is 0 Å². The fourth-order valence-corrected chi connectivity index (χ4v) is 1.73. The van der Waals surface area contributed by atoms with Crippen LogP contribution in [0, 0.1) is 0 Å². The van der Waals surface area contributed by atoms with Gasteiger partial charge in [-0.15, -0.1) is 0 Å². The van der Waals surface area contributed by atoms with Crippen LogP contribution in [0.2, 0.25) is 0 Å². The maximum Gasteiger partial charge on any atom is 0.138 e. The van der Waals surface area contributed by atoms with Crippen molar-refractivity contribution in [2.24, 2.45) is 12.8 Å². The van der Waals surface area contributed by atoms with Crippen LogP contribution in [0.15, 0.2) is 36.7 Å². The second kappa shape index (κ2) is 4.90. The second-order valence-electron chi connectivity index (χ2n) is 3.95. The third-order valence-electron chi connectivity index (χ3n) is 2.59. The van der Waals surface area contributed by atoms with Crippen LogP contribution in [0.25, 0.3) is 0 Å². The molecule has 0 aliphatic rings. The molecule has 0 bridgehead atoms. The van der Waals surface area contributed by atoms with E-state index in [0.29, 0.717) is 0 Å². The van der Waals surface area contributed by atoms with Crippen LogP contribution in [0.3, 0.4) is 0 Å². The lowest BCUT2D eigenvalue weighted by atomic mass is 10.0. The Morgan fingerprint density at radius 1 is 1.25 bits per heavy atom. The molecule has 2 aromatic rings. The molecule has 0 saturated heterocycles. The summed E-state index contributed by atoms with van der Waals surface area (Å²) < 4.78 is 1.77. The first-order chi connectivity index (χ1) is 7.75. The molecule has 0 amide bonds. The van der Waals surface area contributed by atoms with Gasteiger partial charge < -0.3 is 5.73 Å². The fraction of sp³-hybridized carbons (Fsp3) is 0.333. The highest BCUT2D eigenvalue weighted by atomic mass is 15.3. The minimum atomic E-state index is 0.0882. The molecule has 0 saturated carbocycles. The Bertz CT molecular complexity index is 435. The lowest BCUT2D eigenvalue weighted by Gasteiger charge is -2.10. The summed E-state index contributed by atoms with van der Waals surface area (Å²) in [6, 6.07) is 10.4. The molecule has 1 heterocycles. The highest BCUT2D eigenvalue weighted by Gasteiger charge is 2.08. The Morgan fingerprint density at radius 3 is 2.62 bits per heavy atom. The number of hydrogen-bond donors (Lipinski definition) is 1. The zero-order valence-electron chi connectivity index (χ0n) is 9.37. The molecule has 0 radical (unpaired) electrons. The average Bonchev–Trinajstić information content (AvgIpc) is 2.66. The third-order valence-corrected chi connectivity index (χ3v) is 2.59. The van der Waals surface area contributed by atoms with Gasteiger partial charge in [0.05, 0.1) is 0 Å². The van der Waals surface area contributed by atoms with Crippen LogP contribution >= 0.6 is 0 Å². The maximum atomic E-state index is 6.08. The number of aromatic nitrogens is 3. The molecule has 84 valence electrons. The number of nitrogens with zero attached hydrogens (tertiary/aromatic N) is 3. The first-order valence-electron chi connectivity index (χ1n) is 5.38. The van der Waals surface area contributed by atoms with E-state index in [1.807, 2.05) is 25.2 Å². The summed E-state index contributed by atoms with van der Waals surface area (Å²) in [4.78, 5) is 4.17. The van der Waals surface area contributed by atoms with Gasteiger partial charge in [0.1, 0.15) is 12.2 Å². The summed E-state index contributed by atoms with van der Waals surface area (Å²) in [7, 11) is 1.89. The third kappa shape index (κ3) is 2.67. The molecule has 2 rings (SSSR count). The quantitative estimate of drug-likeness (QED) is 0.827. The van der Waals surface area contributed by atoms with Gasteiger partial charge in [-0.05, 0) is 12.0 Å². The van der Waals surface area contributed by atoms with Gasteiger partial charge >= 0.3 is 0 Å². The molecular weight excluding hydrogens is 200 g/mol. The van der Waals surface area contributed by atoms with E-state index >= 15 is 0 Å². The Labute approximate surface area is 95.1 Å². The van der Waals surface area contributed by atoms with E-state index in [1.165, 1.54) is 5.56 Å². The van der Waals surface area contributed by atoms with E-state index in [0.717, 1.165) is 18.7 Å². The van der Waals surface area contributed by atoms with Crippen molar-refractivity contribution in [2.45, 2.75) is 18.9 Å². The molecule has 1 aromatic carbocycles. The van der Waals surface area contributed by atoms with Crippen molar-refractivity contribution in [3.8, 4) is 0 Å². The van der Waals surface area contributed by atoms with Gasteiger partial charge in [0.25, 0.3) is 0 Å². The number of rotatable bonds is 4. The zero-order valence-corrected chi connectivity index (χ0v) is 9.37. The molecule has 2 N–H and O–H groups in total. The zero-order chi connectivity index (χ0) is 11.4. The van der Waals surface area contributed by atoms with Crippen LogP contribution in [0.1, 0.15) is 11.4 Å². The van der Waals surface area contributed by atoms with Crippen molar-refractivity contribution in [1.82, 2.24) is 14.8 Å². The van der Waals surface area contributed by atoms with Crippen molar-refractivity contribution in [1.29, 1.82) is 0 Å². The molecule has 4 nitrogen and oxygen atoms in total. The topological polar surface area (TPSA) is 56.7 Å². The van der Waals surface area contributed by atoms with E-state index in [2.05, 4.69) is 22.2 Å². The monoisotopic (exact) mass is 216 g/mol. The minimum Gasteiger partial charge on any atom is -0.327 e. The van der Waals surface area contributed by atoms with Crippen molar-refractivity contribution in [3.05, 3.63) is 48.0 Å². The SMILES string of the molecule is Cn1ncnc1CC(N)Cc1ccccc1. The number of nitrogens with two attached hydrogens (primary N) is 1. The number of aryl methyl sites for hydroxylation is 1. The van der Waals surface area contributed by atoms with Crippen molar-refractivity contribution < 1.29 is 0 Å². The van der Waals surface area contributed by atoms with Crippen LogP contribution in [0.4, 0.5) is 0 Å². The van der Waals surface area contributed by atoms with Crippen LogP contribution < -0.4 is 5.73 Å². The second-order valence-corrected chi connectivity index (χ2v) is 3.95. The molecule has 1 unspecified atom stereocenters. The Morgan fingerprint density at radius 2 is 2.00 bits per heavy atom. The van der Waals surface area contributed by atoms with Crippen molar-refractivity contribution in [2.75, 3.05) is 0 Å². The molecule has 16 heavy (non-hydrogen) atoms. The van der Waals surface area contributed by atoms with Crippen LogP contribution in [-0.2, 0) is 19.9 Å². The van der Waals surface area contributed by atoms with Crippen molar-refractivity contribution >= 4 is 0 Å². The summed E-state index contributed by atoms with van der Waals surface area (Å²) in [6.07, 6.45) is 3.18. The molecule has 1 atom stereocenters. The van der Waals surface area contributed by atoms with Gasteiger partial charge in [0, 0.05) is 19.5 Å². The smallest absolute Gasteiger partial charge is 0.138 e. The Hall–Kier alpha value is -1.68. The van der Waals surface area contributed by atoms with Crippen molar-refractivity contribution in [3.63, 3.8) is 0 Å². The van der Waals surface area contributed by atoms with Crippen LogP contribution in [-0.4, -0.2) is 20.8 Å². The number of hydrogen-bond acceptors (Lipinski definition) is 3. The Balaban J connectivity index is 1.95. The molecule has 1 aromatic heterocycles. The highest BCUT2D eigenvalue weighted by molar-refractivity contribution is 5.16. The van der Waals surface area contributed by atoms with E-state index in [4.69, 9.17) is 5.73 Å². The summed E-state index contributed by atoms with van der Waals surface area (Å²) in [5, 5.41) is 4.03. The van der Waals surface area contributed by atoms with Crippen LogP contribution in [0.5, 0.6) is 0 Å². The maximum absolute atomic E-state index is 6.08. The fourth-order valence-electron chi connectivity index (χ4n) is 1.73. The molecule has 0 fully saturated rings. The number of benzene rings is 1. The predicted octanol–water partition coefficient (Wildman–Crippen LogP) is 0.928. The standard InChI is InChI=1S/C12H16N4/c1-16-12(14-9-15-16)8-11(13)7-10-5-3-2-4-6-10/h2-6,9,11H,7-8,13H2,1H3. The van der Waals surface area contributed by atoms with E-state index in [1.54, 1.807) is 11.0 Å². The summed E-state index contributed by atoms with van der Waals surface area (Å²) in [6.45, 7) is 0. The highest BCUT2D eigenvalue weighted by Crippen LogP contribution is 2.05. The van der Waals surface area contributed by atoms with Gasteiger partial charge in [0.2, 0.25) is 0 Å². The normalized spacial score (nSPS) is 12.6. The lowest BCUT2D eigenvalue weighted by molar-refractivity contribution is 0.603.